The van der Waals surface area contributed by atoms with E-state index in [9.17, 15) is 4.79 Å². The van der Waals surface area contributed by atoms with Crippen LogP contribution in [0.4, 0.5) is 5.69 Å². The van der Waals surface area contributed by atoms with Crippen LogP contribution in [0.15, 0.2) is 58.2 Å². The minimum Gasteiger partial charge on any atom is -0.325 e. The first-order chi connectivity index (χ1) is 13.2. The van der Waals surface area contributed by atoms with Gasteiger partial charge in [0.2, 0.25) is 11.1 Å². The van der Waals surface area contributed by atoms with E-state index < -0.39 is 0 Å². The van der Waals surface area contributed by atoms with Crippen molar-refractivity contribution in [3.63, 3.8) is 0 Å². The van der Waals surface area contributed by atoms with E-state index >= 15 is 0 Å². The van der Waals surface area contributed by atoms with E-state index in [4.69, 9.17) is 0 Å². The van der Waals surface area contributed by atoms with Gasteiger partial charge in [0.25, 0.3) is 0 Å². The van der Waals surface area contributed by atoms with Gasteiger partial charge in [-0.15, -0.1) is 10.2 Å². The molecule has 0 fully saturated rings. The van der Waals surface area contributed by atoms with Crippen LogP contribution in [-0.2, 0) is 11.3 Å². The van der Waals surface area contributed by atoms with Gasteiger partial charge in [-0.1, -0.05) is 52.0 Å². The van der Waals surface area contributed by atoms with Crippen molar-refractivity contribution in [3.05, 3.63) is 53.0 Å². The Bertz CT molecular complexity index is 1140. The lowest BCUT2D eigenvalue weighted by atomic mass is 10.2. The average Bonchev–Trinajstić information content (AvgIpc) is 2.99. The quantitative estimate of drug-likeness (QED) is 0.461. The molecule has 0 aliphatic rings. The van der Waals surface area contributed by atoms with Gasteiger partial charge in [0.05, 0.1) is 11.3 Å². The number of fused-ring (bicyclic) bond motifs is 3. The van der Waals surface area contributed by atoms with Crippen molar-refractivity contribution in [1.29, 1.82) is 0 Å². The molecule has 27 heavy (non-hydrogen) atoms. The number of hydrogen-bond acceptors (Lipinski definition) is 5. The Labute approximate surface area is 168 Å². The maximum Gasteiger partial charge on any atom is 0.234 e. The van der Waals surface area contributed by atoms with Crippen molar-refractivity contribution in [1.82, 2.24) is 19.7 Å². The highest BCUT2D eigenvalue weighted by Gasteiger charge is 2.14. The number of anilines is 1. The highest BCUT2D eigenvalue weighted by Crippen LogP contribution is 2.27. The van der Waals surface area contributed by atoms with E-state index in [1.165, 1.54) is 11.8 Å². The standard InChI is InChI=1S/C19H16BrN5OS/c1-2-25-15-9-4-3-8-14(15)17-18(25)22-19(24-23-17)27-11-16(26)21-13-7-5-6-12(20)10-13/h3-10H,2,11H2,1H3,(H,21,26). The number of thioether (sulfide) groups is 1. The summed E-state index contributed by atoms with van der Waals surface area (Å²) in [6, 6.07) is 15.5. The van der Waals surface area contributed by atoms with Crippen LogP contribution >= 0.6 is 27.7 Å². The van der Waals surface area contributed by atoms with Gasteiger partial charge < -0.3 is 9.88 Å². The van der Waals surface area contributed by atoms with E-state index in [0.29, 0.717) is 5.16 Å². The molecule has 0 aliphatic carbocycles. The number of halogens is 1. The molecule has 0 atom stereocenters. The smallest absolute Gasteiger partial charge is 0.234 e. The lowest BCUT2D eigenvalue weighted by Crippen LogP contribution is -2.14. The molecule has 2 aromatic heterocycles. The number of nitrogens with one attached hydrogen (secondary N) is 1. The molecule has 0 radical (unpaired) electrons. The van der Waals surface area contributed by atoms with Gasteiger partial charge in [-0.05, 0) is 31.2 Å². The van der Waals surface area contributed by atoms with Crippen molar-refractivity contribution in [2.24, 2.45) is 0 Å². The molecule has 4 aromatic rings. The molecule has 0 spiro atoms. The van der Waals surface area contributed by atoms with Crippen molar-refractivity contribution in [3.8, 4) is 0 Å². The Morgan fingerprint density at radius 3 is 2.85 bits per heavy atom. The van der Waals surface area contributed by atoms with Crippen LogP contribution in [0.25, 0.3) is 22.1 Å². The van der Waals surface area contributed by atoms with Gasteiger partial charge in [-0.3, -0.25) is 4.79 Å². The summed E-state index contributed by atoms with van der Waals surface area (Å²) in [4.78, 5) is 16.8. The molecular weight excluding hydrogens is 426 g/mol. The Hall–Kier alpha value is -2.45. The average molecular weight is 442 g/mol. The summed E-state index contributed by atoms with van der Waals surface area (Å²) in [5, 5.41) is 13.0. The van der Waals surface area contributed by atoms with E-state index in [1.807, 2.05) is 42.5 Å². The summed E-state index contributed by atoms with van der Waals surface area (Å²) >= 11 is 4.67. The van der Waals surface area contributed by atoms with Crippen LogP contribution in [0.1, 0.15) is 6.92 Å². The first-order valence-corrected chi connectivity index (χ1v) is 10.2. The van der Waals surface area contributed by atoms with Crippen molar-refractivity contribution in [2.75, 3.05) is 11.1 Å². The first-order valence-electron chi connectivity index (χ1n) is 8.45. The Morgan fingerprint density at radius 2 is 2.04 bits per heavy atom. The number of carbonyl (C=O) groups excluding carboxylic acids is 1. The molecule has 0 saturated carbocycles. The molecule has 0 saturated heterocycles. The molecule has 2 heterocycles. The SMILES string of the molecule is CCn1c2ccccc2c2nnc(SCC(=O)Nc3cccc(Br)c3)nc21. The number of amides is 1. The fourth-order valence-electron chi connectivity index (χ4n) is 2.96. The van der Waals surface area contributed by atoms with Gasteiger partial charge >= 0.3 is 0 Å². The van der Waals surface area contributed by atoms with Gasteiger partial charge in [0.1, 0.15) is 5.52 Å². The second kappa shape index (κ2) is 7.66. The van der Waals surface area contributed by atoms with Crippen LogP contribution < -0.4 is 5.32 Å². The number of aryl methyl sites for hydroxylation is 1. The van der Waals surface area contributed by atoms with E-state index in [1.54, 1.807) is 0 Å². The van der Waals surface area contributed by atoms with Gasteiger partial charge in [0, 0.05) is 22.1 Å². The Morgan fingerprint density at radius 1 is 1.19 bits per heavy atom. The van der Waals surface area contributed by atoms with E-state index in [2.05, 4.69) is 54.0 Å². The topological polar surface area (TPSA) is 72.7 Å². The van der Waals surface area contributed by atoms with Gasteiger partial charge in [0.15, 0.2) is 5.65 Å². The van der Waals surface area contributed by atoms with Crippen molar-refractivity contribution >= 4 is 61.4 Å². The van der Waals surface area contributed by atoms with Crippen molar-refractivity contribution in [2.45, 2.75) is 18.6 Å². The highest BCUT2D eigenvalue weighted by molar-refractivity contribution is 9.10. The van der Waals surface area contributed by atoms with Gasteiger partial charge in [-0.25, -0.2) is 4.98 Å². The summed E-state index contributed by atoms with van der Waals surface area (Å²) in [6.07, 6.45) is 0. The molecule has 8 heteroatoms. The lowest BCUT2D eigenvalue weighted by Gasteiger charge is -2.05. The molecule has 0 unspecified atom stereocenters. The first kappa shape index (κ1) is 17.9. The minimum absolute atomic E-state index is 0.113. The number of aromatic nitrogens is 4. The number of nitrogens with zero attached hydrogens (tertiary/aromatic N) is 4. The van der Waals surface area contributed by atoms with E-state index in [0.717, 1.165) is 38.8 Å². The summed E-state index contributed by atoms with van der Waals surface area (Å²) in [6.45, 7) is 2.86. The third-order valence-electron chi connectivity index (χ3n) is 4.11. The fraction of sp³-hybridized carbons (Fsp3) is 0.158. The second-order valence-corrected chi connectivity index (χ2v) is 7.73. The summed E-state index contributed by atoms with van der Waals surface area (Å²) < 4.78 is 3.03. The maximum absolute atomic E-state index is 12.2. The van der Waals surface area contributed by atoms with E-state index in [-0.39, 0.29) is 11.7 Å². The predicted molar refractivity (Wildman–Crippen MR) is 112 cm³/mol. The van der Waals surface area contributed by atoms with Crippen LogP contribution in [0.5, 0.6) is 0 Å². The van der Waals surface area contributed by atoms with Crippen LogP contribution in [0.3, 0.4) is 0 Å². The molecule has 136 valence electrons. The molecule has 6 nitrogen and oxygen atoms in total. The molecule has 1 N–H and O–H groups in total. The highest BCUT2D eigenvalue weighted by atomic mass is 79.9. The number of carbonyl (C=O) groups is 1. The molecule has 0 bridgehead atoms. The second-order valence-electron chi connectivity index (χ2n) is 5.88. The molecule has 2 aromatic carbocycles. The fourth-order valence-corrected chi connectivity index (χ4v) is 3.95. The number of rotatable bonds is 5. The number of para-hydroxylation sites is 1. The van der Waals surface area contributed by atoms with Crippen LogP contribution in [0, 0.1) is 0 Å². The zero-order valence-electron chi connectivity index (χ0n) is 14.5. The van der Waals surface area contributed by atoms with Crippen LogP contribution in [-0.4, -0.2) is 31.4 Å². The summed E-state index contributed by atoms with van der Waals surface area (Å²) in [5.74, 6) is 0.101. The number of benzene rings is 2. The third kappa shape index (κ3) is 3.68. The molecule has 1 amide bonds. The van der Waals surface area contributed by atoms with Crippen molar-refractivity contribution < 1.29 is 4.79 Å². The lowest BCUT2D eigenvalue weighted by molar-refractivity contribution is -0.113. The normalized spacial score (nSPS) is 11.2. The largest absolute Gasteiger partial charge is 0.325 e. The molecule has 0 aliphatic heterocycles. The zero-order valence-corrected chi connectivity index (χ0v) is 16.9. The predicted octanol–water partition coefficient (Wildman–Crippen LogP) is 4.49. The monoisotopic (exact) mass is 441 g/mol. The molecular formula is C19H16BrN5OS. The van der Waals surface area contributed by atoms with Gasteiger partial charge in [-0.2, -0.15) is 0 Å². The number of hydrogen-bond donors (Lipinski definition) is 1. The summed E-state index contributed by atoms with van der Waals surface area (Å²) in [5.41, 5.74) is 3.42. The molecule has 4 rings (SSSR count). The summed E-state index contributed by atoms with van der Waals surface area (Å²) in [7, 11) is 0. The van der Waals surface area contributed by atoms with Crippen LogP contribution in [0.2, 0.25) is 0 Å². The minimum atomic E-state index is -0.113. The third-order valence-corrected chi connectivity index (χ3v) is 5.44. The Kier molecular flexibility index (Phi) is 5.09. The maximum atomic E-state index is 12.2. The zero-order chi connectivity index (χ0) is 18.8. The Balaban J connectivity index is 1.54.